The first-order valence-electron chi connectivity index (χ1n) is 5.46. The lowest BCUT2D eigenvalue weighted by Crippen LogP contribution is -2.27. The SMILES string of the molecule is CNC(=O)CNc1nc(NC)nc(-n2cncn2)n1. The molecule has 0 fully saturated rings. The highest BCUT2D eigenvalue weighted by Crippen LogP contribution is 2.07. The summed E-state index contributed by atoms with van der Waals surface area (Å²) in [5, 5.41) is 12.0. The Kier molecular flexibility index (Phi) is 3.81. The van der Waals surface area contributed by atoms with Crippen LogP contribution in [0.5, 0.6) is 0 Å². The minimum absolute atomic E-state index is 0.0699. The summed E-state index contributed by atoms with van der Waals surface area (Å²) in [7, 11) is 3.24. The molecule has 2 rings (SSSR count). The van der Waals surface area contributed by atoms with Gasteiger partial charge in [-0.3, -0.25) is 4.79 Å². The van der Waals surface area contributed by atoms with Gasteiger partial charge in [0.25, 0.3) is 5.95 Å². The van der Waals surface area contributed by atoms with Crippen molar-refractivity contribution in [2.45, 2.75) is 0 Å². The van der Waals surface area contributed by atoms with Gasteiger partial charge in [0.05, 0.1) is 6.54 Å². The van der Waals surface area contributed by atoms with Crippen molar-refractivity contribution in [2.24, 2.45) is 0 Å². The molecule has 2 aromatic rings. The number of carbonyl (C=O) groups excluding carboxylic acids is 1. The summed E-state index contributed by atoms with van der Waals surface area (Å²) in [6.45, 7) is 0.0699. The van der Waals surface area contributed by atoms with Crippen LogP contribution in [0.1, 0.15) is 0 Å². The van der Waals surface area contributed by atoms with E-state index in [0.29, 0.717) is 11.9 Å². The predicted molar refractivity (Wildman–Crippen MR) is 66.8 cm³/mol. The molecule has 10 heteroatoms. The number of anilines is 2. The van der Waals surface area contributed by atoms with Crippen LogP contribution in [0, 0.1) is 0 Å². The van der Waals surface area contributed by atoms with E-state index in [1.165, 1.54) is 17.3 Å². The van der Waals surface area contributed by atoms with Crippen molar-refractivity contribution in [3.8, 4) is 5.95 Å². The Bertz CT molecular complexity index is 553. The molecule has 0 bridgehead atoms. The van der Waals surface area contributed by atoms with Crippen LogP contribution in [0.3, 0.4) is 0 Å². The van der Waals surface area contributed by atoms with Gasteiger partial charge in [0, 0.05) is 14.1 Å². The summed E-state index contributed by atoms with van der Waals surface area (Å²) in [6.07, 6.45) is 2.85. The highest BCUT2D eigenvalue weighted by molar-refractivity contribution is 5.79. The first-order valence-corrected chi connectivity index (χ1v) is 5.46. The van der Waals surface area contributed by atoms with Crippen molar-refractivity contribution in [2.75, 3.05) is 31.3 Å². The third-order valence-electron chi connectivity index (χ3n) is 2.16. The van der Waals surface area contributed by atoms with E-state index in [1.807, 2.05) is 0 Å². The Morgan fingerprint density at radius 3 is 2.68 bits per heavy atom. The predicted octanol–water partition coefficient (Wildman–Crippen LogP) is -1.35. The standard InChI is InChI=1S/C9H13N9O/c1-10-6(19)3-13-8-15-7(11-2)16-9(17-8)18-5-12-4-14-18/h4-5H,3H2,1-2H3,(H,10,19)(H2,11,13,15,16,17). The molecule has 10 nitrogen and oxygen atoms in total. The Hall–Kier alpha value is -2.78. The summed E-state index contributed by atoms with van der Waals surface area (Å²) in [6, 6.07) is 0. The number of carbonyl (C=O) groups is 1. The second kappa shape index (κ2) is 5.71. The van der Waals surface area contributed by atoms with Gasteiger partial charge in [0.15, 0.2) is 0 Å². The first kappa shape index (κ1) is 12.7. The molecule has 0 unspecified atom stereocenters. The van der Waals surface area contributed by atoms with Crippen LogP contribution in [0.25, 0.3) is 5.95 Å². The van der Waals surface area contributed by atoms with Gasteiger partial charge in [-0.2, -0.15) is 24.7 Å². The lowest BCUT2D eigenvalue weighted by atomic mass is 10.6. The number of nitrogens with one attached hydrogen (secondary N) is 3. The van der Waals surface area contributed by atoms with Crippen molar-refractivity contribution in [3.05, 3.63) is 12.7 Å². The fourth-order valence-corrected chi connectivity index (χ4v) is 1.22. The average Bonchev–Trinajstić information content (AvgIpc) is 2.98. The number of amides is 1. The highest BCUT2D eigenvalue weighted by atomic mass is 16.1. The molecule has 0 atom stereocenters. The van der Waals surface area contributed by atoms with E-state index < -0.39 is 0 Å². The number of hydrogen-bond donors (Lipinski definition) is 3. The first-order chi connectivity index (χ1) is 9.22. The Balaban J connectivity index is 2.23. The molecule has 0 spiro atoms. The van der Waals surface area contributed by atoms with Gasteiger partial charge >= 0.3 is 0 Å². The maximum Gasteiger partial charge on any atom is 0.258 e. The Morgan fingerprint density at radius 2 is 2.05 bits per heavy atom. The van der Waals surface area contributed by atoms with Crippen molar-refractivity contribution in [1.29, 1.82) is 0 Å². The molecule has 0 radical (unpaired) electrons. The van der Waals surface area contributed by atoms with Crippen molar-refractivity contribution in [3.63, 3.8) is 0 Å². The lowest BCUT2D eigenvalue weighted by Gasteiger charge is -2.07. The fourth-order valence-electron chi connectivity index (χ4n) is 1.22. The highest BCUT2D eigenvalue weighted by Gasteiger charge is 2.08. The van der Waals surface area contributed by atoms with Crippen LogP contribution in [-0.2, 0) is 4.79 Å². The fraction of sp³-hybridized carbons (Fsp3) is 0.333. The molecular weight excluding hydrogens is 250 g/mol. The van der Waals surface area contributed by atoms with E-state index in [1.54, 1.807) is 14.1 Å². The van der Waals surface area contributed by atoms with Gasteiger partial charge in [0.2, 0.25) is 17.8 Å². The molecule has 0 saturated heterocycles. The second-order valence-electron chi connectivity index (χ2n) is 3.40. The number of aromatic nitrogens is 6. The smallest absolute Gasteiger partial charge is 0.258 e. The Morgan fingerprint density at radius 1 is 1.26 bits per heavy atom. The molecular formula is C9H13N9O. The van der Waals surface area contributed by atoms with Crippen molar-refractivity contribution in [1.82, 2.24) is 35.0 Å². The monoisotopic (exact) mass is 263 g/mol. The summed E-state index contributed by atoms with van der Waals surface area (Å²) in [5.74, 6) is 0.762. The molecule has 0 aliphatic carbocycles. The van der Waals surface area contributed by atoms with Gasteiger partial charge < -0.3 is 16.0 Å². The minimum atomic E-state index is -0.172. The summed E-state index contributed by atoms with van der Waals surface area (Å²) >= 11 is 0. The molecule has 2 aromatic heterocycles. The number of likely N-dealkylation sites (N-methyl/N-ethyl adjacent to an activating group) is 1. The zero-order valence-electron chi connectivity index (χ0n) is 10.5. The molecule has 1 amide bonds. The molecule has 0 aliphatic rings. The third kappa shape index (κ3) is 3.12. The van der Waals surface area contributed by atoms with Crippen LogP contribution < -0.4 is 16.0 Å². The van der Waals surface area contributed by atoms with Gasteiger partial charge in [0.1, 0.15) is 12.7 Å². The van der Waals surface area contributed by atoms with Gasteiger partial charge in [-0.25, -0.2) is 4.98 Å². The zero-order valence-corrected chi connectivity index (χ0v) is 10.5. The molecule has 2 heterocycles. The minimum Gasteiger partial charge on any atom is -0.358 e. The summed E-state index contributed by atoms with van der Waals surface area (Å²) in [5.41, 5.74) is 0. The molecule has 0 aliphatic heterocycles. The van der Waals surface area contributed by atoms with E-state index in [-0.39, 0.29) is 18.4 Å². The second-order valence-corrected chi connectivity index (χ2v) is 3.40. The number of hydrogen-bond acceptors (Lipinski definition) is 8. The van der Waals surface area contributed by atoms with Gasteiger partial charge in [-0.1, -0.05) is 0 Å². The number of rotatable bonds is 5. The molecule has 19 heavy (non-hydrogen) atoms. The normalized spacial score (nSPS) is 10.0. The summed E-state index contributed by atoms with van der Waals surface area (Å²) < 4.78 is 1.40. The Labute approximate surface area is 108 Å². The largest absolute Gasteiger partial charge is 0.358 e. The maximum atomic E-state index is 11.2. The van der Waals surface area contributed by atoms with Crippen molar-refractivity contribution >= 4 is 17.8 Å². The van der Waals surface area contributed by atoms with Gasteiger partial charge in [-0.05, 0) is 0 Å². The molecule has 3 N–H and O–H groups in total. The molecule has 100 valence electrons. The van der Waals surface area contributed by atoms with Gasteiger partial charge in [-0.15, -0.1) is 0 Å². The topological polar surface area (TPSA) is 123 Å². The average molecular weight is 263 g/mol. The van der Waals surface area contributed by atoms with Crippen LogP contribution in [0.2, 0.25) is 0 Å². The lowest BCUT2D eigenvalue weighted by molar-refractivity contribution is -0.118. The van der Waals surface area contributed by atoms with E-state index in [2.05, 4.69) is 41.0 Å². The van der Waals surface area contributed by atoms with E-state index in [9.17, 15) is 4.79 Å². The van der Waals surface area contributed by atoms with Crippen LogP contribution in [0.15, 0.2) is 12.7 Å². The maximum absolute atomic E-state index is 11.2. The summed E-state index contributed by atoms with van der Waals surface area (Å²) in [4.78, 5) is 27.3. The third-order valence-corrected chi connectivity index (χ3v) is 2.16. The van der Waals surface area contributed by atoms with E-state index in [4.69, 9.17) is 0 Å². The van der Waals surface area contributed by atoms with Crippen molar-refractivity contribution < 1.29 is 4.79 Å². The van der Waals surface area contributed by atoms with E-state index >= 15 is 0 Å². The van der Waals surface area contributed by atoms with E-state index in [0.717, 1.165) is 0 Å². The number of nitrogens with zero attached hydrogens (tertiary/aromatic N) is 6. The van der Waals surface area contributed by atoms with Crippen LogP contribution in [0.4, 0.5) is 11.9 Å². The quantitative estimate of drug-likeness (QED) is 0.605. The molecule has 0 saturated carbocycles. The zero-order chi connectivity index (χ0) is 13.7. The molecule has 0 aromatic carbocycles. The van der Waals surface area contributed by atoms with Crippen LogP contribution >= 0.6 is 0 Å². The van der Waals surface area contributed by atoms with Crippen LogP contribution in [-0.4, -0.2) is 56.3 Å².